The van der Waals surface area contributed by atoms with Crippen molar-refractivity contribution in [1.82, 2.24) is 20.2 Å². The lowest BCUT2D eigenvalue weighted by Gasteiger charge is -2.08. The highest BCUT2D eigenvalue weighted by Crippen LogP contribution is 2.28. The predicted octanol–water partition coefficient (Wildman–Crippen LogP) is 3.52. The number of thioether (sulfide) groups is 1. The van der Waals surface area contributed by atoms with Crippen molar-refractivity contribution in [3.05, 3.63) is 41.3 Å². The van der Waals surface area contributed by atoms with Crippen molar-refractivity contribution in [1.29, 1.82) is 0 Å². The van der Waals surface area contributed by atoms with Crippen LogP contribution in [0.2, 0.25) is 0 Å². The Bertz CT molecular complexity index is 821. The predicted molar refractivity (Wildman–Crippen MR) is 88.4 cm³/mol. The van der Waals surface area contributed by atoms with Gasteiger partial charge in [0.2, 0.25) is 5.16 Å². The summed E-state index contributed by atoms with van der Waals surface area (Å²) in [4.78, 5) is 20.4. The summed E-state index contributed by atoms with van der Waals surface area (Å²) in [7, 11) is 0. The molecule has 0 amide bonds. The monoisotopic (exact) mass is 314 g/mol. The molecule has 0 radical (unpaired) electrons. The second kappa shape index (κ2) is 5.96. The summed E-state index contributed by atoms with van der Waals surface area (Å²) < 4.78 is 0. The lowest BCUT2D eigenvalue weighted by Crippen LogP contribution is -2.14. The maximum Gasteiger partial charge on any atom is 0.209 e. The topological polar surface area (TPSA) is 74.4 Å². The van der Waals surface area contributed by atoms with Gasteiger partial charge in [-0.2, -0.15) is 0 Å². The number of ketones is 1. The maximum atomic E-state index is 12.8. The third kappa shape index (κ3) is 2.66. The molecule has 114 valence electrons. The maximum absolute atomic E-state index is 12.8. The van der Waals surface area contributed by atoms with Crippen LogP contribution in [0.3, 0.4) is 0 Å². The number of Topliss-reactive ketones (excluding diaryl/α,β-unsaturated/α-hetero) is 1. The van der Waals surface area contributed by atoms with Crippen LogP contribution in [0.15, 0.2) is 29.4 Å². The second-order valence-electron chi connectivity index (χ2n) is 5.21. The molecule has 0 aliphatic carbocycles. The zero-order chi connectivity index (χ0) is 15.7. The van der Waals surface area contributed by atoms with Gasteiger partial charge in [0.05, 0.1) is 5.25 Å². The molecule has 1 atom stereocenters. The van der Waals surface area contributed by atoms with Crippen molar-refractivity contribution in [3.63, 3.8) is 0 Å². The van der Waals surface area contributed by atoms with E-state index in [1.807, 2.05) is 45.0 Å². The Morgan fingerprint density at radius 2 is 2.14 bits per heavy atom. The minimum absolute atomic E-state index is 0.0998. The molecule has 5 nitrogen and oxygen atoms in total. The van der Waals surface area contributed by atoms with Crippen molar-refractivity contribution >= 4 is 28.4 Å². The number of carbonyl (C=O) groups is 1. The third-order valence-electron chi connectivity index (χ3n) is 3.64. The Balaban J connectivity index is 1.87. The molecule has 0 aliphatic heterocycles. The van der Waals surface area contributed by atoms with E-state index in [1.165, 1.54) is 11.8 Å². The van der Waals surface area contributed by atoms with E-state index in [0.29, 0.717) is 5.16 Å². The van der Waals surface area contributed by atoms with Gasteiger partial charge in [-0.3, -0.25) is 9.89 Å². The van der Waals surface area contributed by atoms with Crippen LogP contribution in [-0.2, 0) is 6.42 Å². The van der Waals surface area contributed by atoms with E-state index in [9.17, 15) is 4.79 Å². The average Bonchev–Trinajstić information content (AvgIpc) is 3.09. The van der Waals surface area contributed by atoms with Gasteiger partial charge in [0.1, 0.15) is 5.82 Å². The van der Waals surface area contributed by atoms with Crippen LogP contribution in [-0.4, -0.2) is 31.2 Å². The van der Waals surface area contributed by atoms with Crippen LogP contribution in [0.1, 0.15) is 35.7 Å². The number of carbonyl (C=O) groups excluding carboxylic acids is 1. The first-order valence-corrected chi connectivity index (χ1v) is 8.17. The molecule has 0 spiro atoms. The zero-order valence-electron chi connectivity index (χ0n) is 12.8. The normalized spacial score (nSPS) is 12.7. The van der Waals surface area contributed by atoms with Gasteiger partial charge in [0.25, 0.3) is 0 Å². The van der Waals surface area contributed by atoms with Gasteiger partial charge >= 0.3 is 0 Å². The molecule has 3 rings (SSSR count). The Morgan fingerprint density at radius 3 is 2.86 bits per heavy atom. The fourth-order valence-corrected chi connectivity index (χ4v) is 3.30. The number of benzene rings is 1. The highest BCUT2D eigenvalue weighted by Gasteiger charge is 2.23. The molecule has 0 aliphatic rings. The SMILES string of the molecule is CCc1nc(S[C@H](C)C(=O)c2c(C)[nH]c3ccccc23)n[nH]1. The number of fused-ring (bicyclic) bond motifs is 1. The number of nitrogens with one attached hydrogen (secondary N) is 2. The molecule has 3 aromatic rings. The quantitative estimate of drug-likeness (QED) is 0.558. The molecule has 0 fully saturated rings. The molecule has 0 unspecified atom stereocenters. The van der Waals surface area contributed by atoms with Gasteiger partial charge in [-0.15, -0.1) is 5.10 Å². The number of H-pyrrole nitrogens is 2. The van der Waals surface area contributed by atoms with E-state index < -0.39 is 0 Å². The molecule has 0 saturated heterocycles. The first-order valence-electron chi connectivity index (χ1n) is 7.29. The Hall–Kier alpha value is -2.08. The van der Waals surface area contributed by atoms with E-state index in [1.54, 1.807) is 0 Å². The van der Waals surface area contributed by atoms with Gasteiger partial charge < -0.3 is 4.98 Å². The van der Waals surface area contributed by atoms with E-state index in [4.69, 9.17) is 0 Å². The standard InChI is InChI=1S/C16H18N4OS/c1-4-13-18-16(20-19-13)22-10(3)15(21)14-9(2)17-12-8-6-5-7-11(12)14/h5-8,10,17H,4H2,1-3H3,(H,18,19,20)/t10-/m1/s1. The Morgan fingerprint density at radius 1 is 1.36 bits per heavy atom. The van der Waals surface area contributed by atoms with Gasteiger partial charge in [-0.1, -0.05) is 36.9 Å². The fourth-order valence-electron chi connectivity index (χ4n) is 2.50. The number of nitrogens with zero attached hydrogens (tertiary/aromatic N) is 2. The first kappa shape index (κ1) is 14.8. The lowest BCUT2D eigenvalue weighted by atomic mass is 10.1. The molecule has 0 saturated carbocycles. The molecule has 2 heterocycles. The average molecular weight is 314 g/mol. The van der Waals surface area contributed by atoms with Crippen molar-refractivity contribution in [2.75, 3.05) is 0 Å². The Labute approximate surface area is 132 Å². The van der Waals surface area contributed by atoms with E-state index in [2.05, 4.69) is 20.2 Å². The fraction of sp³-hybridized carbons (Fsp3) is 0.312. The number of hydrogen-bond donors (Lipinski definition) is 2. The van der Waals surface area contributed by atoms with Crippen LogP contribution in [0, 0.1) is 6.92 Å². The number of aryl methyl sites for hydroxylation is 2. The zero-order valence-corrected chi connectivity index (χ0v) is 13.6. The van der Waals surface area contributed by atoms with Crippen molar-refractivity contribution in [3.8, 4) is 0 Å². The van der Waals surface area contributed by atoms with Crippen LogP contribution in [0.4, 0.5) is 0 Å². The van der Waals surface area contributed by atoms with Gasteiger partial charge in [0.15, 0.2) is 5.78 Å². The number of para-hydroxylation sites is 1. The smallest absolute Gasteiger partial charge is 0.209 e. The summed E-state index contributed by atoms with van der Waals surface area (Å²) in [5.74, 6) is 0.938. The number of rotatable bonds is 5. The molecule has 0 bridgehead atoms. The van der Waals surface area contributed by atoms with E-state index in [0.717, 1.165) is 34.4 Å². The van der Waals surface area contributed by atoms with Crippen LogP contribution in [0.25, 0.3) is 10.9 Å². The van der Waals surface area contributed by atoms with Crippen LogP contribution < -0.4 is 0 Å². The number of aromatic amines is 2. The first-order chi connectivity index (χ1) is 10.6. The molecular formula is C16H18N4OS. The summed E-state index contributed by atoms with van der Waals surface area (Å²) >= 11 is 1.39. The number of aromatic nitrogens is 4. The number of hydrogen-bond acceptors (Lipinski definition) is 4. The molecule has 22 heavy (non-hydrogen) atoms. The van der Waals surface area contributed by atoms with Crippen molar-refractivity contribution < 1.29 is 4.79 Å². The van der Waals surface area contributed by atoms with E-state index >= 15 is 0 Å². The molecule has 6 heteroatoms. The minimum Gasteiger partial charge on any atom is -0.358 e. The molecular weight excluding hydrogens is 296 g/mol. The molecule has 2 N–H and O–H groups in total. The second-order valence-corrected chi connectivity index (χ2v) is 6.52. The Kier molecular flexibility index (Phi) is 4.02. The van der Waals surface area contributed by atoms with Gasteiger partial charge in [-0.05, 0) is 19.9 Å². The molecule has 1 aromatic carbocycles. The third-order valence-corrected chi connectivity index (χ3v) is 4.60. The van der Waals surface area contributed by atoms with E-state index in [-0.39, 0.29) is 11.0 Å². The highest BCUT2D eigenvalue weighted by molar-refractivity contribution is 8.00. The minimum atomic E-state index is -0.238. The molecule has 2 aromatic heterocycles. The summed E-state index contributed by atoms with van der Waals surface area (Å²) in [6.07, 6.45) is 0.803. The van der Waals surface area contributed by atoms with Crippen molar-refractivity contribution in [2.45, 2.75) is 37.6 Å². The van der Waals surface area contributed by atoms with Gasteiger partial charge in [0, 0.05) is 28.6 Å². The summed E-state index contributed by atoms with van der Waals surface area (Å²) in [5.41, 5.74) is 2.66. The van der Waals surface area contributed by atoms with Gasteiger partial charge in [-0.25, -0.2) is 4.98 Å². The lowest BCUT2D eigenvalue weighted by molar-refractivity contribution is 0.0995. The summed E-state index contributed by atoms with van der Waals surface area (Å²) in [6, 6.07) is 7.88. The van der Waals surface area contributed by atoms with Crippen LogP contribution in [0.5, 0.6) is 0 Å². The van der Waals surface area contributed by atoms with Crippen molar-refractivity contribution in [2.24, 2.45) is 0 Å². The largest absolute Gasteiger partial charge is 0.358 e. The summed E-state index contributed by atoms with van der Waals surface area (Å²) in [6.45, 7) is 5.85. The highest BCUT2D eigenvalue weighted by atomic mass is 32.2. The summed E-state index contributed by atoms with van der Waals surface area (Å²) in [5, 5.41) is 8.38. The van der Waals surface area contributed by atoms with Crippen LogP contribution >= 0.6 is 11.8 Å².